The van der Waals surface area contributed by atoms with Crippen LogP contribution in [0.15, 0.2) is 18.3 Å². The average Bonchev–Trinajstić information content (AvgIpc) is 2.81. The van der Waals surface area contributed by atoms with Crippen LogP contribution in [0.5, 0.6) is 5.88 Å². The first kappa shape index (κ1) is 14.7. The highest BCUT2D eigenvalue weighted by Gasteiger charge is 2.35. The van der Waals surface area contributed by atoms with Gasteiger partial charge in [0.25, 0.3) is 5.91 Å². The third-order valence-corrected chi connectivity index (χ3v) is 3.19. The standard InChI is InChI=1S/C14H20N2O4/c1-3-19-12-9-16(8-11(12)17)14(18)10-6-5-7-15-13(10)20-4-2/h5-7,11-12,17H,3-4,8-9H2,1-2H3/t11-,12-/m1/s1. The number of hydrogen-bond acceptors (Lipinski definition) is 5. The minimum Gasteiger partial charge on any atom is -0.477 e. The van der Waals surface area contributed by atoms with Gasteiger partial charge in [0.1, 0.15) is 11.7 Å². The van der Waals surface area contributed by atoms with Crippen LogP contribution in [-0.2, 0) is 4.74 Å². The van der Waals surface area contributed by atoms with E-state index in [4.69, 9.17) is 9.47 Å². The molecule has 110 valence electrons. The lowest BCUT2D eigenvalue weighted by Gasteiger charge is -2.17. The van der Waals surface area contributed by atoms with E-state index in [2.05, 4.69) is 4.98 Å². The van der Waals surface area contributed by atoms with Crippen molar-refractivity contribution in [2.24, 2.45) is 0 Å². The van der Waals surface area contributed by atoms with E-state index in [-0.39, 0.29) is 18.6 Å². The Morgan fingerprint density at radius 1 is 1.45 bits per heavy atom. The van der Waals surface area contributed by atoms with Gasteiger partial charge < -0.3 is 19.5 Å². The van der Waals surface area contributed by atoms with Gasteiger partial charge in [0, 0.05) is 25.9 Å². The molecule has 1 aliphatic rings. The highest BCUT2D eigenvalue weighted by atomic mass is 16.5. The number of carbonyl (C=O) groups excluding carboxylic acids is 1. The minimum absolute atomic E-state index is 0.192. The second-order valence-corrected chi connectivity index (χ2v) is 4.56. The van der Waals surface area contributed by atoms with E-state index in [1.54, 1.807) is 23.2 Å². The lowest BCUT2D eigenvalue weighted by atomic mass is 10.2. The van der Waals surface area contributed by atoms with Gasteiger partial charge in [-0.2, -0.15) is 0 Å². The smallest absolute Gasteiger partial charge is 0.259 e. The Labute approximate surface area is 118 Å². The molecule has 2 atom stereocenters. The molecule has 2 rings (SSSR count). The van der Waals surface area contributed by atoms with Gasteiger partial charge in [-0.25, -0.2) is 4.98 Å². The van der Waals surface area contributed by atoms with Crippen LogP contribution in [0, 0.1) is 0 Å². The highest BCUT2D eigenvalue weighted by molar-refractivity contribution is 5.96. The number of aromatic nitrogens is 1. The van der Waals surface area contributed by atoms with Crippen molar-refractivity contribution < 1.29 is 19.4 Å². The lowest BCUT2D eigenvalue weighted by Crippen LogP contribution is -2.30. The number of amides is 1. The van der Waals surface area contributed by atoms with E-state index >= 15 is 0 Å². The molecule has 0 aromatic carbocycles. The Bertz CT molecular complexity index is 466. The van der Waals surface area contributed by atoms with Gasteiger partial charge in [-0.05, 0) is 26.0 Å². The van der Waals surface area contributed by atoms with Crippen molar-refractivity contribution in [1.82, 2.24) is 9.88 Å². The molecule has 1 fully saturated rings. The van der Waals surface area contributed by atoms with Crippen LogP contribution < -0.4 is 4.74 Å². The van der Waals surface area contributed by atoms with Crippen LogP contribution in [0.25, 0.3) is 0 Å². The molecular formula is C14H20N2O4. The molecule has 1 amide bonds. The predicted molar refractivity (Wildman–Crippen MR) is 72.7 cm³/mol. The van der Waals surface area contributed by atoms with E-state index < -0.39 is 6.10 Å². The second-order valence-electron chi connectivity index (χ2n) is 4.56. The molecule has 0 spiro atoms. The van der Waals surface area contributed by atoms with Crippen LogP contribution in [0.1, 0.15) is 24.2 Å². The number of pyridine rings is 1. The first-order chi connectivity index (χ1) is 9.67. The summed E-state index contributed by atoms with van der Waals surface area (Å²) in [5, 5.41) is 9.89. The van der Waals surface area contributed by atoms with E-state index in [0.717, 1.165) is 0 Å². The van der Waals surface area contributed by atoms with Crippen molar-refractivity contribution in [3.8, 4) is 5.88 Å². The molecule has 1 saturated heterocycles. The van der Waals surface area contributed by atoms with Crippen molar-refractivity contribution in [1.29, 1.82) is 0 Å². The molecule has 2 heterocycles. The molecule has 6 nitrogen and oxygen atoms in total. The van der Waals surface area contributed by atoms with E-state index in [9.17, 15) is 9.90 Å². The predicted octanol–water partition coefficient (Wildman–Crippen LogP) is 0.702. The topological polar surface area (TPSA) is 71.9 Å². The fourth-order valence-corrected chi connectivity index (χ4v) is 2.28. The van der Waals surface area contributed by atoms with Gasteiger partial charge in [-0.15, -0.1) is 0 Å². The van der Waals surface area contributed by atoms with Crippen LogP contribution in [0.3, 0.4) is 0 Å². The lowest BCUT2D eigenvalue weighted by molar-refractivity contribution is -0.00237. The summed E-state index contributed by atoms with van der Waals surface area (Å²) in [5.74, 6) is 0.136. The van der Waals surface area contributed by atoms with Gasteiger partial charge in [-0.1, -0.05) is 0 Å². The molecule has 0 aliphatic carbocycles. The molecule has 1 aromatic heterocycles. The number of aliphatic hydroxyl groups excluding tert-OH is 1. The fourth-order valence-electron chi connectivity index (χ4n) is 2.28. The Kier molecular flexibility index (Phi) is 4.92. The van der Waals surface area contributed by atoms with Crippen LogP contribution in [0.2, 0.25) is 0 Å². The quantitative estimate of drug-likeness (QED) is 0.859. The average molecular weight is 280 g/mol. The number of nitrogens with zero attached hydrogens (tertiary/aromatic N) is 2. The third-order valence-electron chi connectivity index (χ3n) is 3.19. The zero-order valence-electron chi connectivity index (χ0n) is 11.8. The van der Waals surface area contributed by atoms with Gasteiger partial charge in [0.2, 0.25) is 5.88 Å². The third kappa shape index (κ3) is 3.08. The maximum Gasteiger partial charge on any atom is 0.259 e. The molecule has 6 heteroatoms. The van der Waals surface area contributed by atoms with Crippen molar-refractivity contribution in [3.63, 3.8) is 0 Å². The number of likely N-dealkylation sites (tertiary alicyclic amines) is 1. The van der Waals surface area contributed by atoms with Crippen LogP contribution >= 0.6 is 0 Å². The first-order valence-electron chi connectivity index (χ1n) is 6.84. The van der Waals surface area contributed by atoms with Crippen molar-refractivity contribution in [2.45, 2.75) is 26.1 Å². The number of β-amino-alcohol motifs (C(OH)–C–C–N with tert-alkyl or cyclic N) is 1. The number of carbonyl (C=O) groups is 1. The van der Waals surface area contributed by atoms with Crippen LogP contribution in [-0.4, -0.2) is 59.4 Å². The Morgan fingerprint density at radius 2 is 2.25 bits per heavy atom. The van der Waals surface area contributed by atoms with Crippen molar-refractivity contribution in [2.75, 3.05) is 26.3 Å². The van der Waals surface area contributed by atoms with Gasteiger partial charge in [0.15, 0.2) is 0 Å². The van der Waals surface area contributed by atoms with E-state index in [0.29, 0.717) is 31.2 Å². The molecular weight excluding hydrogens is 260 g/mol. The number of ether oxygens (including phenoxy) is 2. The Morgan fingerprint density at radius 3 is 2.95 bits per heavy atom. The van der Waals surface area contributed by atoms with Gasteiger partial charge in [0.05, 0.1) is 12.7 Å². The van der Waals surface area contributed by atoms with Crippen molar-refractivity contribution >= 4 is 5.91 Å². The molecule has 1 N–H and O–H groups in total. The number of rotatable bonds is 5. The Balaban J connectivity index is 2.12. The largest absolute Gasteiger partial charge is 0.477 e. The molecule has 20 heavy (non-hydrogen) atoms. The summed E-state index contributed by atoms with van der Waals surface area (Å²) in [4.78, 5) is 18.1. The SMILES string of the molecule is CCOc1ncccc1C(=O)N1C[C@@H](O)[C@H](OCC)C1. The fraction of sp³-hybridized carbons (Fsp3) is 0.571. The molecule has 0 saturated carbocycles. The monoisotopic (exact) mass is 280 g/mol. The maximum absolute atomic E-state index is 12.5. The molecule has 0 bridgehead atoms. The summed E-state index contributed by atoms with van der Waals surface area (Å²) >= 11 is 0. The second kappa shape index (κ2) is 6.67. The summed E-state index contributed by atoms with van der Waals surface area (Å²) in [6.45, 7) is 5.32. The normalized spacial score (nSPS) is 22.1. The minimum atomic E-state index is -0.647. The van der Waals surface area contributed by atoms with Crippen LogP contribution in [0.4, 0.5) is 0 Å². The summed E-state index contributed by atoms with van der Waals surface area (Å²) in [5.41, 5.74) is 0.415. The zero-order valence-corrected chi connectivity index (χ0v) is 11.8. The summed E-state index contributed by atoms with van der Waals surface area (Å²) in [7, 11) is 0. The highest BCUT2D eigenvalue weighted by Crippen LogP contribution is 2.21. The molecule has 1 aromatic rings. The maximum atomic E-state index is 12.5. The zero-order chi connectivity index (χ0) is 14.5. The van der Waals surface area contributed by atoms with Gasteiger partial charge in [-0.3, -0.25) is 4.79 Å². The first-order valence-corrected chi connectivity index (χ1v) is 6.84. The van der Waals surface area contributed by atoms with Crippen molar-refractivity contribution in [3.05, 3.63) is 23.9 Å². The molecule has 1 aliphatic heterocycles. The number of hydrogen-bond donors (Lipinski definition) is 1. The Hall–Kier alpha value is -1.66. The van der Waals surface area contributed by atoms with E-state index in [1.807, 2.05) is 13.8 Å². The molecule has 0 radical (unpaired) electrons. The summed E-state index contributed by atoms with van der Waals surface area (Å²) < 4.78 is 10.8. The van der Waals surface area contributed by atoms with Gasteiger partial charge >= 0.3 is 0 Å². The van der Waals surface area contributed by atoms with E-state index in [1.165, 1.54) is 0 Å². The molecule has 0 unspecified atom stereocenters. The summed E-state index contributed by atoms with van der Waals surface area (Å²) in [6.07, 6.45) is 0.617. The number of aliphatic hydroxyl groups is 1. The summed E-state index contributed by atoms with van der Waals surface area (Å²) in [6, 6.07) is 3.38.